The molecule has 0 aliphatic carbocycles. The number of ether oxygens (including phenoxy) is 1. The Bertz CT molecular complexity index is 707. The van der Waals surface area contributed by atoms with Gasteiger partial charge in [0.25, 0.3) is 0 Å². The van der Waals surface area contributed by atoms with E-state index in [0.717, 1.165) is 35.1 Å². The van der Waals surface area contributed by atoms with Gasteiger partial charge in [0.05, 0.1) is 7.11 Å². The molecule has 0 spiro atoms. The second-order valence-corrected chi connectivity index (χ2v) is 6.93. The first-order valence-electron chi connectivity index (χ1n) is 8.09. The topological polar surface area (TPSA) is 50.4 Å². The number of thioether (sulfide) groups is 1. The van der Waals surface area contributed by atoms with E-state index in [-0.39, 0.29) is 18.3 Å². The molecular formula is C19H23ClN2O2S. The molecule has 0 radical (unpaired) electrons. The highest BCUT2D eigenvalue weighted by Gasteiger charge is 2.10. The lowest BCUT2D eigenvalue weighted by Gasteiger charge is -2.07. The summed E-state index contributed by atoms with van der Waals surface area (Å²) < 4.78 is 5.14. The average molecular weight is 379 g/mol. The lowest BCUT2D eigenvalue weighted by atomic mass is 10.1. The molecule has 3 rings (SSSR count). The number of carbonyl (C=O) groups excluding carboxylic acids is 1. The minimum atomic E-state index is 0. The molecule has 2 N–H and O–H groups in total. The molecule has 25 heavy (non-hydrogen) atoms. The number of fused-ring (bicyclic) bond motifs is 1. The van der Waals surface area contributed by atoms with Crippen molar-refractivity contribution in [2.75, 3.05) is 12.9 Å². The summed E-state index contributed by atoms with van der Waals surface area (Å²) in [7, 11) is 1.66. The number of amides is 1. The predicted molar refractivity (Wildman–Crippen MR) is 104 cm³/mol. The third kappa shape index (κ3) is 5.66. The quantitative estimate of drug-likeness (QED) is 0.724. The van der Waals surface area contributed by atoms with Crippen molar-refractivity contribution in [2.24, 2.45) is 0 Å². The monoisotopic (exact) mass is 378 g/mol. The molecule has 134 valence electrons. The van der Waals surface area contributed by atoms with Crippen molar-refractivity contribution in [1.29, 1.82) is 0 Å². The fourth-order valence-electron chi connectivity index (χ4n) is 2.68. The SMILES string of the molecule is COc1ccc(SCCC(=O)NCc2ccc3c(c2)CNC3)cc1.Cl. The molecule has 1 heterocycles. The summed E-state index contributed by atoms with van der Waals surface area (Å²) in [5.41, 5.74) is 3.87. The molecular weight excluding hydrogens is 356 g/mol. The van der Waals surface area contributed by atoms with Gasteiger partial charge in [-0.05, 0) is 41.0 Å². The van der Waals surface area contributed by atoms with Gasteiger partial charge in [0.2, 0.25) is 5.91 Å². The Kier molecular flexibility index (Phi) is 7.62. The Morgan fingerprint density at radius 1 is 1.16 bits per heavy atom. The standard InChI is InChI=1S/C19H22N2O2S.ClH/c1-23-17-4-6-18(7-5-17)24-9-8-19(22)21-11-14-2-3-15-12-20-13-16(15)10-14;/h2-7,10,20H,8-9,11-13H2,1H3,(H,21,22);1H. The van der Waals surface area contributed by atoms with Crippen LogP contribution in [0.25, 0.3) is 0 Å². The normalized spacial score (nSPS) is 12.2. The Morgan fingerprint density at radius 2 is 1.92 bits per heavy atom. The third-order valence-electron chi connectivity index (χ3n) is 4.05. The number of nitrogens with one attached hydrogen (secondary N) is 2. The van der Waals surface area contributed by atoms with Crippen LogP contribution in [0.2, 0.25) is 0 Å². The molecule has 2 aromatic carbocycles. The number of benzene rings is 2. The van der Waals surface area contributed by atoms with E-state index in [2.05, 4.69) is 28.8 Å². The summed E-state index contributed by atoms with van der Waals surface area (Å²) in [6.45, 7) is 2.47. The van der Waals surface area contributed by atoms with Crippen LogP contribution in [0.4, 0.5) is 0 Å². The van der Waals surface area contributed by atoms with E-state index >= 15 is 0 Å². The molecule has 1 aliphatic heterocycles. The van der Waals surface area contributed by atoms with Crippen molar-refractivity contribution < 1.29 is 9.53 Å². The van der Waals surface area contributed by atoms with Crippen LogP contribution in [0.1, 0.15) is 23.1 Å². The Hall–Kier alpha value is -1.69. The van der Waals surface area contributed by atoms with Gasteiger partial charge < -0.3 is 15.4 Å². The largest absolute Gasteiger partial charge is 0.497 e. The molecule has 2 aromatic rings. The Labute approximate surface area is 159 Å². The van der Waals surface area contributed by atoms with Gasteiger partial charge >= 0.3 is 0 Å². The molecule has 1 aliphatic rings. The molecule has 0 bridgehead atoms. The van der Waals surface area contributed by atoms with E-state index in [9.17, 15) is 4.79 Å². The first-order valence-corrected chi connectivity index (χ1v) is 9.08. The van der Waals surface area contributed by atoms with Crippen molar-refractivity contribution in [1.82, 2.24) is 10.6 Å². The van der Waals surface area contributed by atoms with Gasteiger partial charge in [-0.3, -0.25) is 4.79 Å². The number of hydrogen-bond donors (Lipinski definition) is 2. The van der Waals surface area contributed by atoms with Crippen molar-refractivity contribution in [2.45, 2.75) is 31.0 Å². The Morgan fingerprint density at radius 3 is 2.68 bits per heavy atom. The summed E-state index contributed by atoms with van der Waals surface area (Å²) in [5, 5.41) is 6.33. The van der Waals surface area contributed by atoms with Crippen LogP contribution in [0.5, 0.6) is 5.75 Å². The maximum atomic E-state index is 12.0. The van der Waals surface area contributed by atoms with Gasteiger partial charge in [0.1, 0.15) is 5.75 Å². The minimum absolute atomic E-state index is 0. The number of hydrogen-bond acceptors (Lipinski definition) is 4. The molecule has 0 unspecified atom stereocenters. The zero-order valence-electron chi connectivity index (χ0n) is 14.2. The van der Waals surface area contributed by atoms with Gasteiger partial charge in [0, 0.05) is 36.7 Å². The van der Waals surface area contributed by atoms with Gasteiger partial charge in [-0.2, -0.15) is 0 Å². The number of rotatable bonds is 7. The van der Waals surface area contributed by atoms with Crippen molar-refractivity contribution >= 4 is 30.1 Å². The van der Waals surface area contributed by atoms with Crippen molar-refractivity contribution in [3.05, 3.63) is 59.2 Å². The predicted octanol–water partition coefficient (Wildman–Crippen LogP) is 3.52. The summed E-state index contributed by atoms with van der Waals surface area (Å²) in [6, 6.07) is 14.3. The maximum Gasteiger partial charge on any atom is 0.221 e. The highest BCUT2D eigenvalue weighted by atomic mass is 35.5. The number of carbonyl (C=O) groups is 1. The summed E-state index contributed by atoms with van der Waals surface area (Å²) in [4.78, 5) is 13.1. The van der Waals surface area contributed by atoms with E-state index in [0.29, 0.717) is 13.0 Å². The van der Waals surface area contributed by atoms with Crippen LogP contribution < -0.4 is 15.4 Å². The minimum Gasteiger partial charge on any atom is -0.497 e. The lowest BCUT2D eigenvalue weighted by Crippen LogP contribution is -2.23. The molecule has 0 saturated heterocycles. The highest BCUT2D eigenvalue weighted by molar-refractivity contribution is 7.99. The van der Waals surface area contributed by atoms with Gasteiger partial charge in [-0.1, -0.05) is 18.2 Å². The third-order valence-corrected chi connectivity index (χ3v) is 5.06. The van der Waals surface area contributed by atoms with Crippen molar-refractivity contribution in [3.8, 4) is 5.75 Å². The molecule has 6 heteroatoms. The molecule has 0 saturated carbocycles. The highest BCUT2D eigenvalue weighted by Crippen LogP contribution is 2.22. The van der Waals surface area contributed by atoms with E-state index in [1.54, 1.807) is 18.9 Å². The molecule has 1 amide bonds. The average Bonchev–Trinajstić information content (AvgIpc) is 3.08. The van der Waals surface area contributed by atoms with Crippen LogP contribution in [0.3, 0.4) is 0 Å². The van der Waals surface area contributed by atoms with Crippen LogP contribution in [0.15, 0.2) is 47.4 Å². The van der Waals surface area contributed by atoms with E-state index < -0.39 is 0 Å². The zero-order chi connectivity index (χ0) is 16.8. The summed E-state index contributed by atoms with van der Waals surface area (Å²) in [5.74, 6) is 1.71. The van der Waals surface area contributed by atoms with Gasteiger partial charge in [0.15, 0.2) is 0 Å². The maximum absolute atomic E-state index is 12.0. The van der Waals surface area contributed by atoms with Crippen LogP contribution in [-0.2, 0) is 24.4 Å². The first kappa shape index (κ1) is 19.6. The zero-order valence-corrected chi connectivity index (χ0v) is 15.8. The second kappa shape index (κ2) is 9.70. The van der Waals surface area contributed by atoms with Crippen LogP contribution >= 0.6 is 24.2 Å². The number of halogens is 1. The fraction of sp³-hybridized carbons (Fsp3) is 0.316. The summed E-state index contributed by atoms with van der Waals surface area (Å²) >= 11 is 1.68. The fourth-order valence-corrected chi connectivity index (χ4v) is 3.53. The van der Waals surface area contributed by atoms with E-state index in [1.165, 1.54) is 11.1 Å². The molecule has 4 nitrogen and oxygen atoms in total. The second-order valence-electron chi connectivity index (χ2n) is 5.76. The molecule has 0 aromatic heterocycles. The van der Waals surface area contributed by atoms with Crippen LogP contribution in [-0.4, -0.2) is 18.8 Å². The van der Waals surface area contributed by atoms with Gasteiger partial charge in [-0.25, -0.2) is 0 Å². The Balaban J connectivity index is 0.00000225. The summed E-state index contributed by atoms with van der Waals surface area (Å²) in [6.07, 6.45) is 0.517. The molecule has 0 atom stereocenters. The molecule has 0 fully saturated rings. The van der Waals surface area contributed by atoms with E-state index in [4.69, 9.17) is 4.74 Å². The first-order chi connectivity index (χ1) is 11.7. The lowest BCUT2D eigenvalue weighted by molar-refractivity contribution is -0.120. The van der Waals surface area contributed by atoms with Crippen LogP contribution in [0, 0.1) is 0 Å². The van der Waals surface area contributed by atoms with Crippen molar-refractivity contribution in [3.63, 3.8) is 0 Å². The van der Waals surface area contributed by atoms with Gasteiger partial charge in [-0.15, -0.1) is 24.2 Å². The number of methoxy groups -OCH3 is 1. The smallest absolute Gasteiger partial charge is 0.221 e. The van der Waals surface area contributed by atoms with E-state index in [1.807, 2.05) is 24.3 Å².